The number of thioether (sulfide) groups is 1. The zero-order valence-electron chi connectivity index (χ0n) is 13.2. The number of hydrogen-bond donors (Lipinski definition) is 0. The largest absolute Gasteiger partial charge is 0.332 e. The van der Waals surface area contributed by atoms with Gasteiger partial charge in [-0.3, -0.25) is 4.79 Å². The van der Waals surface area contributed by atoms with Crippen molar-refractivity contribution in [3.63, 3.8) is 0 Å². The molecule has 1 saturated heterocycles. The van der Waals surface area contributed by atoms with Gasteiger partial charge in [-0.25, -0.2) is 4.98 Å². The van der Waals surface area contributed by atoms with Crippen molar-refractivity contribution in [2.75, 3.05) is 6.54 Å². The van der Waals surface area contributed by atoms with Crippen LogP contribution in [0.2, 0.25) is 0 Å². The van der Waals surface area contributed by atoms with Gasteiger partial charge in [0.05, 0.1) is 11.3 Å². The van der Waals surface area contributed by atoms with Gasteiger partial charge in [0.2, 0.25) is 5.91 Å². The molecule has 1 aromatic heterocycles. The van der Waals surface area contributed by atoms with Crippen molar-refractivity contribution < 1.29 is 4.79 Å². The number of hydrogen-bond acceptors (Lipinski definition) is 4. The second-order valence-electron chi connectivity index (χ2n) is 6.29. The number of carbonyl (C=O) groups excluding carboxylic acids is 1. The summed E-state index contributed by atoms with van der Waals surface area (Å²) in [6, 6.07) is 8.58. The van der Waals surface area contributed by atoms with Crippen molar-refractivity contribution in [1.82, 2.24) is 9.88 Å². The van der Waals surface area contributed by atoms with Gasteiger partial charge in [-0.05, 0) is 44.2 Å². The van der Waals surface area contributed by atoms with E-state index in [1.165, 1.54) is 16.9 Å². The van der Waals surface area contributed by atoms with Crippen LogP contribution in [-0.2, 0) is 11.2 Å². The second-order valence-corrected chi connectivity index (χ2v) is 8.42. The Bertz CT molecular complexity index is 702. The SMILES string of the molecule is Cc1csc([C@@H]2CCCCN2C(=O)[C@H]2Cc3ccccc3S2)n1. The Balaban J connectivity index is 1.55. The summed E-state index contributed by atoms with van der Waals surface area (Å²) < 4.78 is 0. The van der Waals surface area contributed by atoms with E-state index in [9.17, 15) is 4.79 Å². The summed E-state index contributed by atoms with van der Waals surface area (Å²) >= 11 is 3.43. The molecule has 1 aromatic carbocycles. The van der Waals surface area contributed by atoms with Crippen molar-refractivity contribution in [3.8, 4) is 0 Å². The van der Waals surface area contributed by atoms with Gasteiger partial charge in [-0.15, -0.1) is 23.1 Å². The highest BCUT2D eigenvalue weighted by Gasteiger charge is 2.36. The smallest absolute Gasteiger partial charge is 0.236 e. The summed E-state index contributed by atoms with van der Waals surface area (Å²) in [6.45, 7) is 2.90. The molecule has 2 aliphatic heterocycles. The summed E-state index contributed by atoms with van der Waals surface area (Å²) in [5.41, 5.74) is 2.38. The molecule has 3 nitrogen and oxygen atoms in total. The molecule has 0 N–H and O–H groups in total. The fraction of sp³-hybridized carbons (Fsp3) is 0.444. The minimum absolute atomic E-state index is 0.0362. The monoisotopic (exact) mass is 344 g/mol. The third-order valence-corrected chi connectivity index (χ3v) is 7.00. The molecule has 0 aliphatic carbocycles. The number of piperidine rings is 1. The zero-order valence-corrected chi connectivity index (χ0v) is 14.8. The third-order valence-electron chi connectivity index (χ3n) is 4.63. The van der Waals surface area contributed by atoms with E-state index in [1.54, 1.807) is 23.1 Å². The molecule has 0 saturated carbocycles. The Morgan fingerprint density at radius 2 is 2.17 bits per heavy atom. The minimum Gasteiger partial charge on any atom is -0.332 e. The molecule has 0 spiro atoms. The van der Waals surface area contributed by atoms with Crippen LogP contribution in [0.1, 0.15) is 41.6 Å². The van der Waals surface area contributed by atoms with Gasteiger partial charge < -0.3 is 4.90 Å². The lowest BCUT2D eigenvalue weighted by Gasteiger charge is -2.36. The molecule has 1 amide bonds. The number of aryl methyl sites for hydroxylation is 1. The van der Waals surface area contributed by atoms with Gasteiger partial charge in [0.25, 0.3) is 0 Å². The highest BCUT2D eigenvalue weighted by Crippen LogP contribution is 2.40. The van der Waals surface area contributed by atoms with Crippen LogP contribution >= 0.6 is 23.1 Å². The summed E-state index contributed by atoms with van der Waals surface area (Å²) in [4.78, 5) is 21.2. The van der Waals surface area contributed by atoms with E-state index in [2.05, 4.69) is 39.5 Å². The number of carbonyl (C=O) groups is 1. The molecule has 2 aromatic rings. The third kappa shape index (κ3) is 2.92. The Morgan fingerprint density at radius 3 is 2.96 bits per heavy atom. The van der Waals surface area contributed by atoms with E-state index in [0.29, 0.717) is 5.91 Å². The van der Waals surface area contributed by atoms with Gasteiger partial charge in [0, 0.05) is 22.5 Å². The number of aromatic nitrogens is 1. The molecule has 3 heterocycles. The molecule has 2 aliphatic rings. The lowest BCUT2D eigenvalue weighted by atomic mass is 10.0. The van der Waals surface area contributed by atoms with Crippen molar-refractivity contribution >= 4 is 29.0 Å². The Labute approximate surface area is 145 Å². The lowest BCUT2D eigenvalue weighted by molar-refractivity contribution is -0.134. The van der Waals surface area contributed by atoms with Crippen molar-refractivity contribution in [2.45, 2.75) is 48.8 Å². The molecule has 120 valence electrons. The van der Waals surface area contributed by atoms with Crippen molar-refractivity contribution in [2.24, 2.45) is 0 Å². The molecule has 2 atom stereocenters. The Kier molecular flexibility index (Phi) is 4.16. The van der Waals surface area contributed by atoms with Crippen LogP contribution in [0.4, 0.5) is 0 Å². The lowest BCUT2D eigenvalue weighted by Crippen LogP contribution is -2.43. The van der Waals surface area contributed by atoms with Gasteiger partial charge in [0.15, 0.2) is 0 Å². The van der Waals surface area contributed by atoms with E-state index in [-0.39, 0.29) is 11.3 Å². The molecule has 0 radical (unpaired) electrons. The first-order valence-corrected chi connectivity index (χ1v) is 9.95. The van der Waals surface area contributed by atoms with E-state index < -0.39 is 0 Å². The topological polar surface area (TPSA) is 33.2 Å². The number of benzene rings is 1. The molecule has 5 heteroatoms. The first-order valence-electron chi connectivity index (χ1n) is 8.19. The highest BCUT2D eigenvalue weighted by atomic mass is 32.2. The fourth-order valence-electron chi connectivity index (χ4n) is 3.48. The number of nitrogens with zero attached hydrogens (tertiary/aromatic N) is 2. The average molecular weight is 345 g/mol. The minimum atomic E-state index is 0.0362. The summed E-state index contributed by atoms with van der Waals surface area (Å²) in [7, 11) is 0. The summed E-state index contributed by atoms with van der Waals surface area (Å²) in [5.74, 6) is 0.295. The van der Waals surface area contributed by atoms with E-state index in [0.717, 1.165) is 36.5 Å². The zero-order chi connectivity index (χ0) is 15.8. The number of rotatable bonds is 2. The van der Waals surface area contributed by atoms with Crippen LogP contribution in [0.3, 0.4) is 0 Å². The molecule has 0 bridgehead atoms. The predicted octanol–water partition coefficient (Wildman–Crippen LogP) is 4.22. The normalized spacial score (nSPS) is 23.8. The van der Waals surface area contributed by atoms with Crippen LogP contribution in [-0.4, -0.2) is 27.6 Å². The van der Waals surface area contributed by atoms with E-state index in [4.69, 9.17) is 0 Å². The van der Waals surface area contributed by atoms with Crippen molar-refractivity contribution in [1.29, 1.82) is 0 Å². The van der Waals surface area contributed by atoms with Crippen molar-refractivity contribution in [3.05, 3.63) is 45.9 Å². The molecule has 0 unspecified atom stereocenters. The number of thiazole rings is 1. The van der Waals surface area contributed by atoms with E-state index >= 15 is 0 Å². The van der Waals surface area contributed by atoms with Crippen LogP contribution in [0, 0.1) is 6.92 Å². The fourth-order valence-corrected chi connectivity index (χ4v) is 5.69. The summed E-state index contributed by atoms with van der Waals surface area (Å²) in [6.07, 6.45) is 4.20. The van der Waals surface area contributed by atoms with Crippen LogP contribution in [0.5, 0.6) is 0 Å². The first kappa shape index (κ1) is 15.2. The van der Waals surface area contributed by atoms with Crippen LogP contribution in [0.15, 0.2) is 34.5 Å². The standard InChI is InChI=1S/C18H20N2OS2/c1-12-11-22-17(19-12)14-7-4-5-9-20(14)18(21)16-10-13-6-2-3-8-15(13)23-16/h2-3,6,8,11,14,16H,4-5,7,9-10H2,1H3/t14-,16+/m0/s1. The summed E-state index contributed by atoms with van der Waals surface area (Å²) in [5, 5.41) is 3.23. The van der Waals surface area contributed by atoms with Gasteiger partial charge in [0.1, 0.15) is 5.01 Å². The maximum absolute atomic E-state index is 13.1. The van der Waals surface area contributed by atoms with Gasteiger partial charge >= 0.3 is 0 Å². The second kappa shape index (κ2) is 6.29. The number of likely N-dealkylation sites (tertiary alicyclic amines) is 1. The van der Waals surface area contributed by atoms with E-state index in [1.807, 2.05) is 6.92 Å². The van der Waals surface area contributed by atoms with Crippen LogP contribution in [0.25, 0.3) is 0 Å². The number of fused-ring (bicyclic) bond motifs is 1. The maximum atomic E-state index is 13.1. The van der Waals surface area contributed by atoms with Crippen LogP contribution < -0.4 is 0 Å². The quantitative estimate of drug-likeness (QED) is 0.818. The average Bonchev–Trinajstić information content (AvgIpc) is 3.20. The molecule has 23 heavy (non-hydrogen) atoms. The number of amides is 1. The Morgan fingerprint density at radius 1 is 1.30 bits per heavy atom. The molecule has 4 rings (SSSR count). The predicted molar refractivity (Wildman–Crippen MR) is 94.9 cm³/mol. The molecular weight excluding hydrogens is 324 g/mol. The maximum Gasteiger partial charge on any atom is 0.236 e. The first-order chi connectivity index (χ1) is 11.2. The highest BCUT2D eigenvalue weighted by molar-refractivity contribution is 8.01. The van der Waals surface area contributed by atoms with Gasteiger partial charge in [-0.1, -0.05) is 18.2 Å². The molecular formula is C18H20N2OS2. The molecule has 1 fully saturated rings. The Hall–Kier alpha value is -1.33. The van der Waals surface area contributed by atoms with Gasteiger partial charge in [-0.2, -0.15) is 0 Å².